The van der Waals surface area contributed by atoms with E-state index in [0.29, 0.717) is 5.78 Å². The number of anilines is 1. The molecule has 1 aliphatic heterocycles. The van der Waals surface area contributed by atoms with Crippen molar-refractivity contribution >= 4 is 11.6 Å². The summed E-state index contributed by atoms with van der Waals surface area (Å²) in [4.78, 5) is 10.8. The zero-order valence-electron chi connectivity index (χ0n) is 11.9. The highest BCUT2D eigenvalue weighted by Gasteiger charge is 2.19. The van der Waals surface area contributed by atoms with Crippen LogP contribution >= 0.6 is 0 Å². The fourth-order valence-corrected chi connectivity index (χ4v) is 2.47. The number of ether oxygens (including phenoxy) is 1. The van der Waals surface area contributed by atoms with E-state index in [0.717, 1.165) is 44.3 Å². The molecule has 1 fully saturated rings. The van der Waals surface area contributed by atoms with E-state index in [-0.39, 0.29) is 6.10 Å². The van der Waals surface area contributed by atoms with Gasteiger partial charge in [-0.15, -0.1) is 0 Å². The Balaban J connectivity index is 1.69. The zero-order chi connectivity index (χ0) is 13.9. The summed E-state index contributed by atoms with van der Waals surface area (Å²) < 4.78 is 7.51. The molecular weight excluding hydrogens is 256 g/mol. The molecule has 0 radical (unpaired) electrons. The smallest absolute Gasteiger partial charge is 0.254 e. The molecule has 7 heteroatoms. The number of hydrogen-bond donors (Lipinski definition) is 1. The number of fused-ring (bicyclic) bond motifs is 1. The number of rotatable bonds is 4. The normalized spacial score (nSPS) is 20.4. The van der Waals surface area contributed by atoms with Gasteiger partial charge in [-0.05, 0) is 13.5 Å². The second-order valence-electron chi connectivity index (χ2n) is 5.02. The van der Waals surface area contributed by atoms with Gasteiger partial charge in [-0.25, -0.2) is 4.98 Å². The summed E-state index contributed by atoms with van der Waals surface area (Å²) in [5.74, 6) is 1.52. The summed E-state index contributed by atoms with van der Waals surface area (Å²) in [7, 11) is 0. The molecule has 0 aromatic carbocycles. The Morgan fingerprint density at radius 3 is 3.25 bits per heavy atom. The van der Waals surface area contributed by atoms with Gasteiger partial charge in [0.2, 0.25) is 0 Å². The topological polar surface area (TPSA) is 67.6 Å². The van der Waals surface area contributed by atoms with Crippen molar-refractivity contribution in [2.24, 2.45) is 0 Å². The molecule has 0 saturated carbocycles. The molecule has 0 amide bonds. The van der Waals surface area contributed by atoms with Crippen LogP contribution in [0.25, 0.3) is 5.78 Å². The first-order chi connectivity index (χ1) is 9.76. The lowest BCUT2D eigenvalue weighted by atomic mass is 10.2. The van der Waals surface area contributed by atoms with Crippen LogP contribution in [-0.4, -0.2) is 63.4 Å². The minimum atomic E-state index is 0.204. The molecule has 0 bridgehead atoms. The number of aromatic nitrogens is 4. The largest absolute Gasteiger partial charge is 0.374 e. The van der Waals surface area contributed by atoms with Crippen LogP contribution in [0.2, 0.25) is 0 Å². The van der Waals surface area contributed by atoms with Crippen molar-refractivity contribution < 1.29 is 4.74 Å². The van der Waals surface area contributed by atoms with Gasteiger partial charge in [0.15, 0.2) is 0 Å². The Kier molecular flexibility index (Phi) is 3.79. The fourth-order valence-electron chi connectivity index (χ4n) is 2.47. The Hall–Kier alpha value is -1.73. The molecule has 1 N–H and O–H groups in total. The summed E-state index contributed by atoms with van der Waals surface area (Å²) in [5.41, 5.74) is 0.924. The lowest BCUT2D eigenvalue weighted by molar-refractivity contribution is -0.0192. The molecule has 108 valence electrons. The second-order valence-corrected chi connectivity index (χ2v) is 5.02. The molecule has 2 aromatic rings. The monoisotopic (exact) mass is 276 g/mol. The number of hydrogen-bond acceptors (Lipinski definition) is 6. The second kappa shape index (κ2) is 5.72. The van der Waals surface area contributed by atoms with Gasteiger partial charge < -0.3 is 10.1 Å². The van der Waals surface area contributed by atoms with Crippen LogP contribution in [0.1, 0.15) is 12.6 Å². The fraction of sp³-hybridized carbons (Fsp3) is 0.615. The van der Waals surface area contributed by atoms with Crippen LogP contribution in [0.5, 0.6) is 0 Å². The van der Waals surface area contributed by atoms with Gasteiger partial charge in [0, 0.05) is 31.4 Å². The molecule has 0 unspecified atom stereocenters. The van der Waals surface area contributed by atoms with Gasteiger partial charge in [-0.1, -0.05) is 6.92 Å². The molecule has 1 aliphatic rings. The van der Waals surface area contributed by atoms with Crippen molar-refractivity contribution in [3.8, 4) is 0 Å². The Bertz CT molecular complexity index is 583. The number of morpholine rings is 1. The van der Waals surface area contributed by atoms with Crippen molar-refractivity contribution in [2.75, 3.05) is 38.1 Å². The standard InChI is InChI=1S/C13H20N6O/c1-3-18-4-5-20-11(8-18)7-14-12-6-10(2)17-13-15-9-16-19(12)13/h6,9,11,14H,3-5,7-8H2,1-2H3/t11-/m1/s1. The van der Waals surface area contributed by atoms with Gasteiger partial charge in [-0.3, -0.25) is 4.90 Å². The molecular formula is C13H20N6O. The Morgan fingerprint density at radius 1 is 1.50 bits per heavy atom. The van der Waals surface area contributed by atoms with Crippen LogP contribution in [0.4, 0.5) is 5.82 Å². The van der Waals surface area contributed by atoms with Crippen molar-refractivity contribution in [3.05, 3.63) is 18.1 Å². The first-order valence-electron chi connectivity index (χ1n) is 7.01. The highest BCUT2D eigenvalue weighted by atomic mass is 16.5. The number of likely N-dealkylation sites (N-methyl/N-ethyl adjacent to an activating group) is 1. The molecule has 7 nitrogen and oxygen atoms in total. The Labute approximate surface area is 118 Å². The van der Waals surface area contributed by atoms with E-state index in [1.54, 1.807) is 4.52 Å². The first kappa shape index (κ1) is 13.3. The summed E-state index contributed by atoms with van der Waals surface area (Å²) in [6, 6.07) is 1.97. The molecule has 3 heterocycles. The van der Waals surface area contributed by atoms with E-state index in [2.05, 4.69) is 32.2 Å². The van der Waals surface area contributed by atoms with E-state index in [9.17, 15) is 0 Å². The molecule has 0 aliphatic carbocycles. The van der Waals surface area contributed by atoms with Crippen molar-refractivity contribution in [1.82, 2.24) is 24.5 Å². The number of nitrogens with one attached hydrogen (secondary N) is 1. The quantitative estimate of drug-likeness (QED) is 0.880. The van der Waals surface area contributed by atoms with Crippen molar-refractivity contribution in [3.63, 3.8) is 0 Å². The van der Waals surface area contributed by atoms with Crippen molar-refractivity contribution in [1.29, 1.82) is 0 Å². The van der Waals surface area contributed by atoms with Gasteiger partial charge in [-0.2, -0.15) is 14.6 Å². The third kappa shape index (κ3) is 2.73. The molecule has 3 rings (SSSR count). The maximum atomic E-state index is 5.79. The summed E-state index contributed by atoms with van der Waals surface area (Å²) >= 11 is 0. The first-order valence-corrected chi connectivity index (χ1v) is 7.01. The third-order valence-corrected chi connectivity index (χ3v) is 3.56. The van der Waals surface area contributed by atoms with Gasteiger partial charge in [0.25, 0.3) is 5.78 Å². The minimum absolute atomic E-state index is 0.204. The Morgan fingerprint density at radius 2 is 2.40 bits per heavy atom. The lowest BCUT2D eigenvalue weighted by Crippen LogP contribution is -2.45. The summed E-state index contributed by atoms with van der Waals surface area (Å²) in [5, 5.41) is 7.58. The molecule has 0 spiro atoms. The van der Waals surface area contributed by atoms with E-state index in [4.69, 9.17) is 4.74 Å². The van der Waals surface area contributed by atoms with Crippen LogP contribution in [0, 0.1) is 6.92 Å². The van der Waals surface area contributed by atoms with Crippen LogP contribution in [-0.2, 0) is 4.74 Å². The summed E-state index contributed by atoms with van der Waals surface area (Å²) in [6.07, 6.45) is 1.72. The van der Waals surface area contributed by atoms with Gasteiger partial charge in [0.05, 0.1) is 12.7 Å². The van der Waals surface area contributed by atoms with E-state index < -0.39 is 0 Å². The predicted molar refractivity (Wildman–Crippen MR) is 75.9 cm³/mol. The van der Waals surface area contributed by atoms with Crippen LogP contribution in [0.15, 0.2) is 12.4 Å². The molecule has 1 saturated heterocycles. The van der Waals surface area contributed by atoms with E-state index in [1.807, 2.05) is 13.0 Å². The molecule has 1 atom stereocenters. The summed E-state index contributed by atoms with van der Waals surface area (Å²) in [6.45, 7) is 8.75. The average Bonchev–Trinajstić information content (AvgIpc) is 2.93. The van der Waals surface area contributed by atoms with Crippen LogP contribution < -0.4 is 5.32 Å². The highest BCUT2D eigenvalue weighted by molar-refractivity contribution is 5.44. The minimum Gasteiger partial charge on any atom is -0.374 e. The molecule has 20 heavy (non-hydrogen) atoms. The number of nitrogens with zero attached hydrogens (tertiary/aromatic N) is 5. The highest BCUT2D eigenvalue weighted by Crippen LogP contribution is 2.11. The molecule has 2 aromatic heterocycles. The van der Waals surface area contributed by atoms with Gasteiger partial charge >= 0.3 is 0 Å². The van der Waals surface area contributed by atoms with Gasteiger partial charge in [0.1, 0.15) is 12.1 Å². The van der Waals surface area contributed by atoms with E-state index in [1.165, 1.54) is 6.33 Å². The predicted octanol–water partition coefficient (Wildman–Crippen LogP) is 0.565. The zero-order valence-corrected chi connectivity index (χ0v) is 11.9. The lowest BCUT2D eigenvalue weighted by Gasteiger charge is -2.32. The van der Waals surface area contributed by atoms with Crippen molar-refractivity contribution in [2.45, 2.75) is 20.0 Å². The van der Waals surface area contributed by atoms with Crippen LogP contribution in [0.3, 0.4) is 0 Å². The maximum absolute atomic E-state index is 5.79. The number of aryl methyl sites for hydroxylation is 1. The van der Waals surface area contributed by atoms with E-state index >= 15 is 0 Å². The average molecular weight is 276 g/mol. The maximum Gasteiger partial charge on any atom is 0.254 e. The third-order valence-electron chi connectivity index (χ3n) is 3.56. The SMILES string of the molecule is CCN1CCO[C@H](CNc2cc(C)nc3ncnn23)C1.